The van der Waals surface area contributed by atoms with Crippen LogP contribution >= 0.6 is 0 Å². The Bertz CT molecular complexity index is 650. The fourth-order valence-electron chi connectivity index (χ4n) is 7.79. The predicted molar refractivity (Wildman–Crippen MR) is 96.8 cm³/mol. The predicted octanol–water partition coefficient (Wildman–Crippen LogP) is 3.94. The first-order valence-electron chi connectivity index (χ1n) is 10.1. The zero-order chi connectivity index (χ0) is 18.1. The van der Waals surface area contributed by atoms with Crippen molar-refractivity contribution in [3.05, 3.63) is 11.6 Å². The molecule has 0 amide bonds. The molecular formula is C22H32O3. The number of Topliss-reactive ketones (excluding diaryl/α,β-unsaturated/α-hetero) is 1. The summed E-state index contributed by atoms with van der Waals surface area (Å²) >= 11 is 0. The van der Waals surface area contributed by atoms with Crippen molar-refractivity contribution in [2.24, 2.45) is 40.4 Å². The highest BCUT2D eigenvalue weighted by molar-refractivity contribution is 5.91. The Morgan fingerprint density at radius 3 is 2.68 bits per heavy atom. The first kappa shape index (κ1) is 17.5. The Morgan fingerprint density at radius 2 is 2.00 bits per heavy atom. The van der Waals surface area contributed by atoms with E-state index in [0.29, 0.717) is 30.0 Å². The van der Waals surface area contributed by atoms with Crippen LogP contribution in [0, 0.1) is 40.4 Å². The van der Waals surface area contributed by atoms with Crippen molar-refractivity contribution in [3.8, 4) is 0 Å². The molecule has 25 heavy (non-hydrogen) atoms. The van der Waals surface area contributed by atoms with Gasteiger partial charge in [0.05, 0.1) is 6.10 Å². The molecule has 4 aliphatic rings. The first-order chi connectivity index (χ1) is 11.7. The van der Waals surface area contributed by atoms with Crippen LogP contribution in [0.15, 0.2) is 11.6 Å². The fraction of sp³-hybridized carbons (Fsp3) is 0.818. The molecule has 0 aromatic rings. The molecule has 3 heteroatoms. The van der Waals surface area contributed by atoms with E-state index in [2.05, 4.69) is 20.8 Å². The van der Waals surface area contributed by atoms with Gasteiger partial charge in [0.1, 0.15) is 5.78 Å². The van der Waals surface area contributed by atoms with E-state index in [-0.39, 0.29) is 34.6 Å². The van der Waals surface area contributed by atoms with Crippen LogP contribution in [0.5, 0.6) is 0 Å². The average Bonchev–Trinajstić information content (AvgIpc) is 2.85. The summed E-state index contributed by atoms with van der Waals surface area (Å²) in [5, 5.41) is 11.2. The van der Waals surface area contributed by atoms with Gasteiger partial charge in [0.2, 0.25) is 0 Å². The number of fused-ring (bicyclic) bond motifs is 5. The molecule has 0 heterocycles. The molecule has 4 aliphatic carbocycles. The molecule has 0 spiro atoms. The molecule has 0 bridgehead atoms. The zero-order valence-electron chi connectivity index (χ0n) is 16.0. The van der Waals surface area contributed by atoms with Crippen molar-refractivity contribution in [2.75, 3.05) is 0 Å². The van der Waals surface area contributed by atoms with Gasteiger partial charge in [-0.25, -0.2) is 0 Å². The summed E-state index contributed by atoms with van der Waals surface area (Å²) in [5.41, 5.74) is 1.19. The number of hydrogen-bond acceptors (Lipinski definition) is 3. The second-order valence-electron chi connectivity index (χ2n) is 9.93. The van der Waals surface area contributed by atoms with Crippen LogP contribution in [0.25, 0.3) is 0 Å². The molecular weight excluding hydrogens is 312 g/mol. The van der Waals surface area contributed by atoms with E-state index in [1.807, 2.05) is 6.08 Å². The maximum absolute atomic E-state index is 12.2. The number of aliphatic hydroxyl groups excluding tert-OH is 1. The zero-order valence-corrected chi connectivity index (χ0v) is 16.0. The second kappa shape index (κ2) is 5.52. The van der Waals surface area contributed by atoms with Crippen LogP contribution in [-0.4, -0.2) is 22.8 Å². The molecule has 3 nitrogen and oxygen atoms in total. The number of aliphatic hydroxyl groups is 1. The minimum absolute atomic E-state index is 0.0474. The van der Waals surface area contributed by atoms with E-state index >= 15 is 0 Å². The van der Waals surface area contributed by atoms with Crippen molar-refractivity contribution >= 4 is 11.6 Å². The van der Waals surface area contributed by atoms with E-state index < -0.39 is 0 Å². The van der Waals surface area contributed by atoms with Gasteiger partial charge in [0.25, 0.3) is 0 Å². The van der Waals surface area contributed by atoms with Crippen LogP contribution in [0.1, 0.15) is 66.2 Å². The van der Waals surface area contributed by atoms with Gasteiger partial charge >= 0.3 is 0 Å². The molecule has 1 N–H and O–H groups in total. The third-order valence-electron chi connectivity index (χ3n) is 8.70. The number of carbonyl (C=O) groups is 2. The van der Waals surface area contributed by atoms with Crippen molar-refractivity contribution in [1.29, 1.82) is 0 Å². The van der Waals surface area contributed by atoms with E-state index in [1.54, 1.807) is 6.92 Å². The van der Waals surface area contributed by atoms with Gasteiger partial charge in [0, 0.05) is 12.3 Å². The highest BCUT2D eigenvalue weighted by atomic mass is 16.3. The Hall–Kier alpha value is -0.960. The lowest BCUT2D eigenvalue weighted by Crippen LogP contribution is -2.58. The van der Waals surface area contributed by atoms with Crippen LogP contribution in [0.3, 0.4) is 0 Å². The van der Waals surface area contributed by atoms with Crippen LogP contribution in [-0.2, 0) is 9.59 Å². The normalized spacial score (nSPS) is 52.0. The third-order valence-corrected chi connectivity index (χ3v) is 8.70. The lowest BCUT2D eigenvalue weighted by Gasteiger charge is -2.61. The van der Waals surface area contributed by atoms with Gasteiger partial charge in [-0.1, -0.05) is 26.3 Å². The minimum atomic E-state index is -0.361. The van der Waals surface area contributed by atoms with Gasteiger partial charge < -0.3 is 5.11 Å². The first-order valence-corrected chi connectivity index (χ1v) is 10.1. The van der Waals surface area contributed by atoms with Crippen LogP contribution < -0.4 is 0 Å². The van der Waals surface area contributed by atoms with E-state index in [9.17, 15) is 14.7 Å². The Morgan fingerprint density at radius 1 is 1.28 bits per heavy atom. The van der Waals surface area contributed by atoms with E-state index in [1.165, 1.54) is 5.57 Å². The molecule has 8 atom stereocenters. The maximum atomic E-state index is 12.2. The molecule has 3 saturated carbocycles. The van der Waals surface area contributed by atoms with Gasteiger partial charge in [-0.2, -0.15) is 0 Å². The highest BCUT2D eigenvalue weighted by Gasteiger charge is 2.63. The lowest BCUT2D eigenvalue weighted by molar-refractivity contribution is -0.147. The summed E-state index contributed by atoms with van der Waals surface area (Å²) in [6.45, 7) is 8.55. The molecule has 0 aromatic carbocycles. The molecule has 0 radical (unpaired) electrons. The Kier molecular flexibility index (Phi) is 3.85. The van der Waals surface area contributed by atoms with Crippen LogP contribution in [0.2, 0.25) is 0 Å². The minimum Gasteiger partial charge on any atom is -0.393 e. The van der Waals surface area contributed by atoms with Gasteiger partial charge in [0.15, 0.2) is 5.78 Å². The molecule has 4 rings (SSSR count). The number of rotatable bonds is 1. The van der Waals surface area contributed by atoms with Gasteiger partial charge in [-0.3, -0.25) is 9.59 Å². The summed E-state index contributed by atoms with van der Waals surface area (Å²) < 4.78 is 0. The summed E-state index contributed by atoms with van der Waals surface area (Å²) in [6, 6.07) is 0. The summed E-state index contributed by atoms with van der Waals surface area (Å²) in [7, 11) is 0. The smallest absolute Gasteiger partial charge is 0.155 e. The monoisotopic (exact) mass is 344 g/mol. The number of ketones is 2. The number of allylic oxidation sites excluding steroid dienone is 1. The quantitative estimate of drug-likeness (QED) is 0.784. The second-order valence-corrected chi connectivity index (χ2v) is 9.93. The SMILES string of the molecule is CC(=O)[C@@H]1CC[C@@H]2[C@H]3C[C@H](C)C4=CC(=O)CC[C@]4(C)[C@@H]3[C@H](O)C[C@@]21C. The average molecular weight is 344 g/mol. The number of carbonyl (C=O) groups excluding carboxylic acids is 2. The van der Waals surface area contributed by atoms with E-state index in [4.69, 9.17) is 0 Å². The third kappa shape index (κ3) is 2.27. The van der Waals surface area contributed by atoms with Gasteiger partial charge in [-0.05, 0) is 79.6 Å². The molecule has 0 unspecified atom stereocenters. The molecule has 3 fully saturated rings. The van der Waals surface area contributed by atoms with Gasteiger partial charge in [-0.15, -0.1) is 0 Å². The molecule has 0 aliphatic heterocycles. The lowest BCUT2D eigenvalue weighted by atomic mass is 9.44. The summed E-state index contributed by atoms with van der Waals surface area (Å²) in [5.74, 6) is 2.33. The highest BCUT2D eigenvalue weighted by Crippen LogP contribution is 2.67. The van der Waals surface area contributed by atoms with Crippen LogP contribution in [0.4, 0.5) is 0 Å². The van der Waals surface area contributed by atoms with E-state index in [0.717, 1.165) is 32.1 Å². The summed E-state index contributed by atoms with van der Waals surface area (Å²) in [4.78, 5) is 24.3. The van der Waals surface area contributed by atoms with Crippen molar-refractivity contribution in [2.45, 2.75) is 72.3 Å². The Labute approximate surface area is 151 Å². The molecule has 0 aromatic heterocycles. The molecule has 0 saturated heterocycles. The van der Waals surface area contributed by atoms with Crippen molar-refractivity contribution < 1.29 is 14.7 Å². The van der Waals surface area contributed by atoms with Crippen molar-refractivity contribution in [3.63, 3.8) is 0 Å². The Balaban J connectivity index is 1.76. The summed E-state index contributed by atoms with van der Waals surface area (Å²) in [6.07, 6.45) is 6.93. The maximum Gasteiger partial charge on any atom is 0.155 e. The standard InChI is InChI=1S/C22H32O3/c1-12-9-15-17-6-5-16(13(2)23)22(17,4)11-19(25)20(15)21(3)8-7-14(24)10-18(12)21/h10,12,15-17,19-20,25H,5-9,11H2,1-4H3/t12-,15+,16-,17+,19+,20-,21-,22+/m0/s1. The van der Waals surface area contributed by atoms with Crippen molar-refractivity contribution in [1.82, 2.24) is 0 Å². The topological polar surface area (TPSA) is 54.4 Å². The largest absolute Gasteiger partial charge is 0.393 e. The number of hydrogen-bond donors (Lipinski definition) is 1. The molecule has 138 valence electrons. The fourth-order valence-corrected chi connectivity index (χ4v) is 7.79.